The first-order valence-electron chi connectivity index (χ1n) is 8.55. The molecule has 148 valence electrons. The van der Waals surface area contributed by atoms with E-state index >= 15 is 0 Å². The number of carbonyl (C=O) groups is 2. The minimum atomic E-state index is -0.400. The molecule has 2 aromatic carbocycles. The van der Waals surface area contributed by atoms with Gasteiger partial charge >= 0.3 is 0 Å². The second kappa shape index (κ2) is 8.94. The molecular formula is C21H17Cl2N3O3. The second-order valence-corrected chi connectivity index (χ2v) is 6.92. The van der Waals surface area contributed by atoms with Gasteiger partial charge < -0.3 is 15.4 Å². The summed E-state index contributed by atoms with van der Waals surface area (Å²) in [6.07, 6.45) is 2.80. The van der Waals surface area contributed by atoms with Crippen molar-refractivity contribution in [3.05, 3.63) is 70.5 Å². The van der Waals surface area contributed by atoms with Crippen LogP contribution in [0.5, 0.6) is 5.75 Å². The molecule has 29 heavy (non-hydrogen) atoms. The molecule has 3 rings (SSSR count). The summed E-state index contributed by atoms with van der Waals surface area (Å²) in [7, 11) is 1.54. The van der Waals surface area contributed by atoms with Crippen LogP contribution < -0.4 is 15.4 Å². The predicted octanol–water partition coefficient (Wildman–Crippen LogP) is 5.27. The summed E-state index contributed by atoms with van der Waals surface area (Å²) < 4.78 is 5.31. The average molecular weight is 430 g/mol. The summed E-state index contributed by atoms with van der Waals surface area (Å²) in [6.45, 7) is 1.43. The molecule has 1 aromatic heterocycles. The van der Waals surface area contributed by atoms with Crippen LogP contribution in [0, 0.1) is 0 Å². The van der Waals surface area contributed by atoms with Gasteiger partial charge in [-0.05, 0) is 41.5 Å². The number of pyridine rings is 1. The van der Waals surface area contributed by atoms with Crippen molar-refractivity contribution in [2.24, 2.45) is 0 Å². The SMILES string of the molecule is COc1ccc(C(=O)Nc2c(Cl)cncc2Cl)c(-c2cccc(NC(C)=O)c2)c1. The van der Waals surface area contributed by atoms with Gasteiger partial charge in [-0.3, -0.25) is 14.6 Å². The number of anilines is 2. The van der Waals surface area contributed by atoms with Gasteiger partial charge in [0.25, 0.3) is 5.91 Å². The molecule has 0 aliphatic heterocycles. The summed E-state index contributed by atoms with van der Waals surface area (Å²) in [5, 5.41) is 5.93. The fourth-order valence-corrected chi connectivity index (χ4v) is 3.23. The molecule has 0 atom stereocenters. The summed E-state index contributed by atoms with van der Waals surface area (Å²) in [5.41, 5.74) is 2.63. The Morgan fingerprint density at radius 1 is 1.00 bits per heavy atom. The molecule has 1 heterocycles. The number of amides is 2. The van der Waals surface area contributed by atoms with Crippen molar-refractivity contribution in [3.63, 3.8) is 0 Å². The lowest BCUT2D eigenvalue weighted by Gasteiger charge is -2.14. The van der Waals surface area contributed by atoms with Crippen LogP contribution in [0.1, 0.15) is 17.3 Å². The van der Waals surface area contributed by atoms with E-state index in [1.54, 1.807) is 43.5 Å². The molecule has 0 radical (unpaired) electrons. The number of nitrogens with one attached hydrogen (secondary N) is 2. The number of hydrogen-bond acceptors (Lipinski definition) is 4. The standard InChI is InChI=1S/C21H17Cl2N3O3/c1-12(27)25-14-5-3-4-13(8-14)17-9-15(29-2)6-7-16(17)21(28)26-20-18(22)10-24-11-19(20)23/h3-11H,1-2H3,(H,25,27)(H,24,26,28). The zero-order valence-corrected chi connectivity index (χ0v) is 17.1. The van der Waals surface area contributed by atoms with E-state index in [-0.39, 0.29) is 21.6 Å². The van der Waals surface area contributed by atoms with Crippen molar-refractivity contribution in [1.82, 2.24) is 4.98 Å². The Balaban J connectivity index is 2.04. The maximum atomic E-state index is 13.0. The molecule has 0 aliphatic rings. The third-order valence-corrected chi connectivity index (χ3v) is 4.63. The summed E-state index contributed by atoms with van der Waals surface area (Å²) in [4.78, 5) is 28.3. The highest BCUT2D eigenvalue weighted by Crippen LogP contribution is 2.33. The Morgan fingerprint density at radius 2 is 1.72 bits per heavy atom. The van der Waals surface area contributed by atoms with Crippen molar-refractivity contribution in [3.8, 4) is 16.9 Å². The lowest BCUT2D eigenvalue weighted by atomic mass is 9.98. The molecule has 6 nitrogen and oxygen atoms in total. The van der Waals surface area contributed by atoms with Crippen molar-refractivity contribution in [2.45, 2.75) is 6.92 Å². The molecule has 3 aromatic rings. The highest BCUT2D eigenvalue weighted by Gasteiger charge is 2.17. The third kappa shape index (κ3) is 4.85. The second-order valence-electron chi connectivity index (χ2n) is 6.11. The minimum Gasteiger partial charge on any atom is -0.497 e. The Hall–Kier alpha value is -3.09. The molecule has 0 saturated carbocycles. The van der Waals surface area contributed by atoms with Crippen LogP contribution in [-0.4, -0.2) is 23.9 Å². The maximum Gasteiger partial charge on any atom is 0.256 e. The average Bonchev–Trinajstić information content (AvgIpc) is 2.70. The number of methoxy groups -OCH3 is 1. The predicted molar refractivity (Wildman–Crippen MR) is 115 cm³/mol. The number of ether oxygens (including phenoxy) is 1. The highest BCUT2D eigenvalue weighted by atomic mass is 35.5. The first-order valence-corrected chi connectivity index (χ1v) is 9.31. The smallest absolute Gasteiger partial charge is 0.256 e. The Bertz CT molecular complexity index is 1070. The fourth-order valence-electron chi connectivity index (χ4n) is 2.77. The molecule has 0 bridgehead atoms. The van der Waals surface area contributed by atoms with E-state index in [0.29, 0.717) is 22.6 Å². The highest BCUT2D eigenvalue weighted by molar-refractivity contribution is 6.39. The topological polar surface area (TPSA) is 80.3 Å². The molecule has 8 heteroatoms. The van der Waals surface area contributed by atoms with Gasteiger partial charge in [-0.15, -0.1) is 0 Å². The van der Waals surface area contributed by atoms with Crippen molar-refractivity contribution in [1.29, 1.82) is 0 Å². The molecule has 2 amide bonds. The molecule has 2 N–H and O–H groups in total. The number of nitrogens with zero attached hydrogens (tertiary/aromatic N) is 1. The molecule has 0 aliphatic carbocycles. The monoisotopic (exact) mass is 429 g/mol. The fraction of sp³-hybridized carbons (Fsp3) is 0.0952. The number of rotatable bonds is 5. The van der Waals surface area contributed by atoms with Crippen molar-refractivity contribution >= 4 is 46.4 Å². The van der Waals surface area contributed by atoms with E-state index in [2.05, 4.69) is 15.6 Å². The zero-order chi connectivity index (χ0) is 21.0. The van der Waals surface area contributed by atoms with Gasteiger partial charge in [0, 0.05) is 30.6 Å². The van der Waals surface area contributed by atoms with Gasteiger partial charge in [-0.2, -0.15) is 0 Å². The van der Waals surface area contributed by atoms with Crippen LogP contribution in [0.4, 0.5) is 11.4 Å². The minimum absolute atomic E-state index is 0.187. The van der Waals surface area contributed by atoms with Gasteiger partial charge in [0.05, 0.1) is 22.8 Å². The number of aromatic nitrogens is 1. The molecule has 0 spiro atoms. The normalized spacial score (nSPS) is 10.3. The van der Waals surface area contributed by atoms with Gasteiger partial charge in [-0.1, -0.05) is 35.3 Å². The first kappa shape index (κ1) is 20.6. The third-order valence-electron chi connectivity index (χ3n) is 4.06. The van der Waals surface area contributed by atoms with E-state index < -0.39 is 5.91 Å². The number of halogens is 2. The van der Waals surface area contributed by atoms with Crippen LogP contribution in [-0.2, 0) is 4.79 Å². The summed E-state index contributed by atoms with van der Waals surface area (Å²) in [6, 6.07) is 12.3. The molecule has 0 fully saturated rings. The quantitative estimate of drug-likeness (QED) is 0.578. The van der Waals surface area contributed by atoms with E-state index in [9.17, 15) is 9.59 Å². The van der Waals surface area contributed by atoms with Gasteiger partial charge in [-0.25, -0.2) is 0 Å². The first-order chi connectivity index (χ1) is 13.9. The maximum absolute atomic E-state index is 13.0. The van der Waals surface area contributed by atoms with Crippen molar-refractivity contribution < 1.29 is 14.3 Å². The molecular weight excluding hydrogens is 413 g/mol. The van der Waals surface area contributed by atoms with Crippen LogP contribution in [0.2, 0.25) is 10.0 Å². The number of benzene rings is 2. The largest absolute Gasteiger partial charge is 0.497 e. The van der Waals surface area contributed by atoms with E-state index in [1.165, 1.54) is 19.3 Å². The lowest BCUT2D eigenvalue weighted by Crippen LogP contribution is -2.14. The Labute approximate surface area is 177 Å². The molecule has 0 saturated heterocycles. The van der Waals surface area contributed by atoms with E-state index in [4.69, 9.17) is 27.9 Å². The molecule has 0 unspecified atom stereocenters. The van der Waals surface area contributed by atoms with Crippen molar-refractivity contribution in [2.75, 3.05) is 17.7 Å². The van der Waals surface area contributed by atoms with Crippen LogP contribution in [0.3, 0.4) is 0 Å². The van der Waals surface area contributed by atoms with Crippen LogP contribution in [0.15, 0.2) is 54.9 Å². The van der Waals surface area contributed by atoms with Gasteiger partial charge in [0.1, 0.15) is 5.75 Å². The van der Waals surface area contributed by atoms with E-state index in [1.807, 2.05) is 6.07 Å². The van der Waals surface area contributed by atoms with Gasteiger partial charge in [0.15, 0.2) is 0 Å². The van der Waals surface area contributed by atoms with Crippen LogP contribution >= 0.6 is 23.2 Å². The summed E-state index contributed by atoms with van der Waals surface area (Å²) in [5.74, 6) is -0.00299. The van der Waals surface area contributed by atoms with Crippen LogP contribution in [0.25, 0.3) is 11.1 Å². The number of hydrogen-bond donors (Lipinski definition) is 2. The number of carbonyl (C=O) groups excluding carboxylic acids is 2. The Morgan fingerprint density at radius 3 is 2.38 bits per heavy atom. The van der Waals surface area contributed by atoms with Gasteiger partial charge in [0.2, 0.25) is 5.91 Å². The van der Waals surface area contributed by atoms with E-state index in [0.717, 1.165) is 5.56 Å². The Kier molecular flexibility index (Phi) is 6.36. The summed E-state index contributed by atoms with van der Waals surface area (Å²) >= 11 is 12.2. The lowest BCUT2D eigenvalue weighted by molar-refractivity contribution is -0.114. The zero-order valence-electron chi connectivity index (χ0n) is 15.6.